The van der Waals surface area contributed by atoms with Crippen molar-refractivity contribution in [2.24, 2.45) is 0 Å². The second-order valence-corrected chi connectivity index (χ2v) is 9.63. The van der Waals surface area contributed by atoms with Gasteiger partial charge in [-0.3, -0.25) is 14.4 Å². The summed E-state index contributed by atoms with van der Waals surface area (Å²) in [5.74, 6) is 0.453. The molecule has 0 radical (unpaired) electrons. The Bertz CT molecular complexity index is 1510. The van der Waals surface area contributed by atoms with Gasteiger partial charge in [-0.1, -0.05) is 6.07 Å². The Hall–Kier alpha value is -4.93. The van der Waals surface area contributed by atoms with Gasteiger partial charge in [0.1, 0.15) is 17.8 Å². The van der Waals surface area contributed by atoms with Crippen LogP contribution in [0.3, 0.4) is 0 Å². The molecule has 40 heavy (non-hydrogen) atoms. The molecule has 1 aliphatic heterocycles. The van der Waals surface area contributed by atoms with Crippen LogP contribution in [0.15, 0.2) is 67.1 Å². The second-order valence-electron chi connectivity index (χ2n) is 9.63. The average molecular weight is 541 g/mol. The van der Waals surface area contributed by atoms with Crippen molar-refractivity contribution < 1.29 is 14.4 Å². The lowest BCUT2D eigenvalue weighted by Crippen LogP contribution is -2.48. The minimum Gasteiger partial charge on any atom is -0.368 e. The Balaban J connectivity index is 1.30. The summed E-state index contributed by atoms with van der Waals surface area (Å²) in [5, 5.41) is 6.48. The number of piperazine rings is 1. The summed E-state index contributed by atoms with van der Waals surface area (Å²) in [6.45, 7) is 6.46. The lowest BCUT2D eigenvalue weighted by Gasteiger charge is -2.36. The smallest absolute Gasteiger partial charge is 0.254 e. The van der Waals surface area contributed by atoms with Gasteiger partial charge in [0.2, 0.25) is 11.8 Å². The second kappa shape index (κ2) is 11.9. The SMILES string of the molecule is CC(=O)NCCN(c1cccc(C(=O)N2CCN(c3ccc(NC(C)=O)cc3)CC2)c1)c1ncnc2[nH]ccc12. The lowest BCUT2D eigenvalue weighted by molar-refractivity contribution is -0.119. The van der Waals surface area contributed by atoms with Gasteiger partial charge in [-0.2, -0.15) is 0 Å². The van der Waals surface area contributed by atoms with E-state index in [1.807, 2.05) is 70.6 Å². The number of rotatable bonds is 8. The molecule has 3 heterocycles. The van der Waals surface area contributed by atoms with Gasteiger partial charge in [0.15, 0.2) is 0 Å². The van der Waals surface area contributed by atoms with Gasteiger partial charge >= 0.3 is 0 Å². The third-order valence-electron chi connectivity index (χ3n) is 6.82. The van der Waals surface area contributed by atoms with Crippen molar-refractivity contribution in [2.75, 3.05) is 54.4 Å². The van der Waals surface area contributed by atoms with Crippen LogP contribution in [0.4, 0.5) is 22.9 Å². The molecule has 3 amide bonds. The first-order chi connectivity index (χ1) is 19.4. The minimum atomic E-state index is -0.110. The molecule has 5 rings (SSSR count). The van der Waals surface area contributed by atoms with Gasteiger partial charge in [-0.15, -0.1) is 0 Å². The van der Waals surface area contributed by atoms with Gasteiger partial charge in [0.05, 0.1) is 5.39 Å². The minimum absolute atomic E-state index is 0.0289. The highest BCUT2D eigenvalue weighted by Crippen LogP contribution is 2.30. The van der Waals surface area contributed by atoms with Gasteiger partial charge in [-0.25, -0.2) is 9.97 Å². The Labute approximate surface area is 232 Å². The van der Waals surface area contributed by atoms with Gasteiger partial charge in [-0.05, 0) is 48.5 Å². The van der Waals surface area contributed by atoms with E-state index in [0.29, 0.717) is 56.3 Å². The van der Waals surface area contributed by atoms with Crippen LogP contribution in [0.2, 0.25) is 0 Å². The zero-order valence-corrected chi connectivity index (χ0v) is 22.6. The van der Waals surface area contributed by atoms with E-state index in [-0.39, 0.29) is 17.7 Å². The molecular weight excluding hydrogens is 508 g/mol. The maximum Gasteiger partial charge on any atom is 0.254 e. The van der Waals surface area contributed by atoms with E-state index in [0.717, 1.165) is 22.4 Å². The van der Waals surface area contributed by atoms with Crippen molar-refractivity contribution in [2.45, 2.75) is 13.8 Å². The average Bonchev–Trinajstić information content (AvgIpc) is 3.45. The third kappa shape index (κ3) is 6.04. The number of benzene rings is 2. The molecular formula is C29H32N8O3. The number of aromatic amines is 1. The molecule has 0 bridgehead atoms. The molecule has 0 atom stereocenters. The number of fused-ring (bicyclic) bond motifs is 1. The largest absolute Gasteiger partial charge is 0.368 e. The molecule has 4 aromatic rings. The standard InChI is InChI=1S/C29H32N8O3/c1-20(38)30-12-13-37(28-26-10-11-31-27(26)32-19-33-28)25-5-3-4-22(18-25)29(40)36-16-14-35(15-17-36)24-8-6-23(7-9-24)34-21(2)39/h3-11,18-19H,12-17H2,1-2H3,(H,30,38)(H,34,39)(H,31,32,33). The molecule has 1 fully saturated rings. The Morgan fingerprint density at radius 2 is 1.73 bits per heavy atom. The molecule has 11 heteroatoms. The number of nitrogens with zero attached hydrogens (tertiary/aromatic N) is 5. The molecule has 0 saturated carbocycles. The molecule has 206 valence electrons. The van der Waals surface area contributed by atoms with Crippen LogP contribution in [-0.2, 0) is 9.59 Å². The summed E-state index contributed by atoms with van der Waals surface area (Å²) in [6.07, 6.45) is 3.31. The monoisotopic (exact) mass is 540 g/mol. The molecule has 1 saturated heterocycles. The zero-order valence-electron chi connectivity index (χ0n) is 22.6. The third-order valence-corrected chi connectivity index (χ3v) is 6.82. The maximum absolute atomic E-state index is 13.5. The van der Waals surface area contributed by atoms with Crippen molar-refractivity contribution in [3.8, 4) is 0 Å². The number of aromatic nitrogens is 3. The maximum atomic E-state index is 13.5. The first-order valence-electron chi connectivity index (χ1n) is 13.2. The molecule has 11 nitrogen and oxygen atoms in total. The number of H-pyrrole nitrogens is 1. The van der Waals surface area contributed by atoms with Gasteiger partial charge in [0, 0.05) is 81.9 Å². The topological polar surface area (TPSA) is 127 Å². The van der Waals surface area contributed by atoms with Crippen molar-refractivity contribution in [3.63, 3.8) is 0 Å². The molecule has 2 aromatic carbocycles. The summed E-state index contributed by atoms with van der Waals surface area (Å²) >= 11 is 0. The van der Waals surface area contributed by atoms with Gasteiger partial charge in [0.25, 0.3) is 5.91 Å². The summed E-state index contributed by atoms with van der Waals surface area (Å²) in [6, 6.07) is 17.2. The number of hydrogen-bond donors (Lipinski definition) is 3. The predicted molar refractivity (Wildman–Crippen MR) is 155 cm³/mol. The summed E-state index contributed by atoms with van der Waals surface area (Å²) in [4.78, 5) is 54.4. The Kier molecular flexibility index (Phi) is 7.90. The summed E-state index contributed by atoms with van der Waals surface area (Å²) < 4.78 is 0. The van der Waals surface area contributed by atoms with Crippen molar-refractivity contribution in [1.82, 2.24) is 25.2 Å². The van der Waals surface area contributed by atoms with Crippen molar-refractivity contribution >= 4 is 51.6 Å². The molecule has 3 N–H and O–H groups in total. The number of hydrogen-bond acceptors (Lipinski definition) is 7. The Morgan fingerprint density at radius 3 is 2.45 bits per heavy atom. The molecule has 0 unspecified atom stereocenters. The molecule has 2 aromatic heterocycles. The summed E-state index contributed by atoms with van der Waals surface area (Å²) in [7, 11) is 0. The van der Waals surface area contributed by atoms with Gasteiger partial charge < -0.3 is 30.3 Å². The first-order valence-corrected chi connectivity index (χ1v) is 13.2. The van der Waals surface area contributed by atoms with Crippen LogP contribution >= 0.6 is 0 Å². The number of amides is 3. The van der Waals surface area contributed by atoms with Crippen LogP contribution in [0.25, 0.3) is 11.0 Å². The fourth-order valence-corrected chi connectivity index (χ4v) is 4.89. The molecule has 1 aliphatic rings. The van der Waals surface area contributed by atoms with E-state index in [1.54, 1.807) is 0 Å². The quantitative estimate of drug-likeness (QED) is 0.313. The summed E-state index contributed by atoms with van der Waals surface area (Å²) in [5.41, 5.74) is 3.92. The highest BCUT2D eigenvalue weighted by molar-refractivity contribution is 5.96. The molecule has 0 aliphatic carbocycles. The highest BCUT2D eigenvalue weighted by atomic mass is 16.2. The normalized spacial score (nSPS) is 13.2. The van der Waals surface area contributed by atoms with E-state index in [2.05, 4.69) is 30.5 Å². The fraction of sp³-hybridized carbons (Fsp3) is 0.276. The predicted octanol–water partition coefficient (Wildman–Crippen LogP) is 3.15. The lowest BCUT2D eigenvalue weighted by atomic mass is 10.1. The van der Waals surface area contributed by atoms with Crippen LogP contribution in [-0.4, -0.2) is 76.8 Å². The van der Waals surface area contributed by atoms with Crippen molar-refractivity contribution in [3.05, 3.63) is 72.7 Å². The first kappa shape index (κ1) is 26.7. The zero-order chi connectivity index (χ0) is 28.1. The number of carbonyl (C=O) groups excluding carboxylic acids is 3. The van der Waals surface area contributed by atoms with Crippen LogP contribution in [0.1, 0.15) is 24.2 Å². The number of anilines is 4. The van der Waals surface area contributed by atoms with E-state index in [1.165, 1.54) is 20.2 Å². The molecule has 0 spiro atoms. The van der Waals surface area contributed by atoms with E-state index >= 15 is 0 Å². The highest BCUT2D eigenvalue weighted by Gasteiger charge is 2.24. The van der Waals surface area contributed by atoms with Crippen LogP contribution in [0, 0.1) is 0 Å². The van der Waals surface area contributed by atoms with Crippen molar-refractivity contribution in [1.29, 1.82) is 0 Å². The van der Waals surface area contributed by atoms with E-state index in [4.69, 9.17) is 0 Å². The number of nitrogens with one attached hydrogen (secondary N) is 3. The van der Waals surface area contributed by atoms with Crippen LogP contribution in [0.5, 0.6) is 0 Å². The Morgan fingerprint density at radius 1 is 0.950 bits per heavy atom. The number of carbonyl (C=O) groups is 3. The van der Waals surface area contributed by atoms with E-state index < -0.39 is 0 Å². The fourth-order valence-electron chi connectivity index (χ4n) is 4.89. The van der Waals surface area contributed by atoms with Crippen LogP contribution < -0.4 is 20.4 Å². The van der Waals surface area contributed by atoms with E-state index in [9.17, 15) is 14.4 Å².